The fourth-order valence-electron chi connectivity index (χ4n) is 2.31. The molecule has 0 spiro atoms. The van der Waals surface area contributed by atoms with Gasteiger partial charge in [0.25, 0.3) is 0 Å². The maximum Gasteiger partial charge on any atom is 0.337 e. The Morgan fingerprint density at radius 2 is 2.05 bits per heavy atom. The van der Waals surface area contributed by atoms with Crippen LogP contribution in [0.25, 0.3) is 16.7 Å². The number of methoxy groups -OCH3 is 1. The molecule has 3 aromatic rings. The van der Waals surface area contributed by atoms with E-state index in [-0.39, 0.29) is 5.56 Å². The average molecular weight is 283 g/mol. The van der Waals surface area contributed by atoms with Crippen LogP contribution in [0, 0.1) is 0 Å². The van der Waals surface area contributed by atoms with Gasteiger partial charge in [-0.3, -0.25) is 0 Å². The second-order valence-electron chi connectivity index (χ2n) is 4.54. The van der Waals surface area contributed by atoms with Crippen LogP contribution in [0.15, 0.2) is 42.5 Å². The molecule has 0 aliphatic carbocycles. The Labute approximate surface area is 120 Å². The number of aromatic carboxylic acids is 1. The van der Waals surface area contributed by atoms with Gasteiger partial charge in [-0.2, -0.15) is 0 Å². The van der Waals surface area contributed by atoms with E-state index >= 15 is 0 Å². The highest BCUT2D eigenvalue weighted by Gasteiger charge is 2.17. The number of benzene rings is 2. The lowest BCUT2D eigenvalue weighted by Crippen LogP contribution is -2.06. The number of rotatable bonds is 4. The second-order valence-corrected chi connectivity index (χ2v) is 4.54. The molecule has 2 aromatic carbocycles. The summed E-state index contributed by atoms with van der Waals surface area (Å²) in [6.45, 7) is 0.409. The molecule has 0 unspecified atom stereocenters. The zero-order valence-corrected chi connectivity index (χ0v) is 11.4. The normalized spacial score (nSPS) is 10.9. The van der Waals surface area contributed by atoms with E-state index in [1.165, 1.54) is 0 Å². The number of para-hydroxylation sites is 2. The van der Waals surface area contributed by atoms with E-state index in [1.807, 2.05) is 24.3 Å². The summed E-state index contributed by atoms with van der Waals surface area (Å²) in [7, 11) is 1.61. The van der Waals surface area contributed by atoms with Crippen LogP contribution in [0.1, 0.15) is 15.9 Å². The lowest BCUT2D eigenvalue weighted by Gasteiger charge is -2.09. The molecule has 21 heavy (non-hydrogen) atoms. The smallest absolute Gasteiger partial charge is 0.337 e. The zero-order chi connectivity index (χ0) is 14.8. The molecule has 6 nitrogen and oxygen atoms in total. The summed E-state index contributed by atoms with van der Waals surface area (Å²) in [5.41, 5.74) is 2.86. The van der Waals surface area contributed by atoms with Crippen LogP contribution in [-0.4, -0.2) is 33.2 Å². The highest BCUT2D eigenvalue weighted by Crippen LogP contribution is 2.23. The predicted molar refractivity (Wildman–Crippen MR) is 76.5 cm³/mol. The summed E-state index contributed by atoms with van der Waals surface area (Å²) in [6.07, 6.45) is 0. The third-order valence-corrected chi connectivity index (χ3v) is 3.22. The van der Waals surface area contributed by atoms with Crippen LogP contribution in [0.4, 0.5) is 0 Å². The lowest BCUT2D eigenvalue weighted by atomic mass is 10.1. The van der Waals surface area contributed by atoms with Crippen LogP contribution >= 0.6 is 0 Å². The quantitative estimate of drug-likeness (QED) is 0.794. The summed E-state index contributed by atoms with van der Waals surface area (Å²) in [6, 6.07) is 12.5. The Morgan fingerprint density at radius 3 is 2.81 bits per heavy atom. The van der Waals surface area contributed by atoms with Crippen molar-refractivity contribution in [2.75, 3.05) is 7.11 Å². The van der Waals surface area contributed by atoms with Crippen molar-refractivity contribution in [2.45, 2.75) is 6.61 Å². The minimum absolute atomic E-state index is 0.171. The van der Waals surface area contributed by atoms with Crippen molar-refractivity contribution in [3.63, 3.8) is 0 Å². The first kappa shape index (κ1) is 13.3. The number of nitrogens with zero attached hydrogens (tertiary/aromatic N) is 3. The molecule has 0 saturated heterocycles. The van der Waals surface area contributed by atoms with Crippen molar-refractivity contribution < 1.29 is 14.6 Å². The first-order valence-electron chi connectivity index (χ1n) is 6.37. The molecule has 3 rings (SSSR count). The van der Waals surface area contributed by atoms with Crippen molar-refractivity contribution >= 4 is 17.0 Å². The van der Waals surface area contributed by atoms with Gasteiger partial charge in [0.1, 0.15) is 11.0 Å². The van der Waals surface area contributed by atoms with Gasteiger partial charge in [0, 0.05) is 12.7 Å². The number of carboxylic acids is 1. The molecule has 0 radical (unpaired) electrons. The van der Waals surface area contributed by atoms with Crippen LogP contribution in [-0.2, 0) is 11.3 Å². The van der Waals surface area contributed by atoms with Gasteiger partial charge in [-0.05, 0) is 18.2 Å². The van der Waals surface area contributed by atoms with E-state index in [0.717, 1.165) is 11.3 Å². The summed E-state index contributed by atoms with van der Waals surface area (Å²) in [5.74, 6) is -1.01. The van der Waals surface area contributed by atoms with Crippen LogP contribution in [0.2, 0.25) is 0 Å². The van der Waals surface area contributed by atoms with Crippen molar-refractivity contribution in [2.24, 2.45) is 0 Å². The number of hydrogen-bond acceptors (Lipinski definition) is 4. The molecule has 1 heterocycles. The molecule has 106 valence electrons. The van der Waals surface area contributed by atoms with E-state index in [4.69, 9.17) is 4.74 Å². The van der Waals surface area contributed by atoms with Gasteiger partial charge >= 0.3 is 5.97 Å². The van der Waals surface area contributed by atoms with Crippen molar-refractivity contribution in [3.8, 4) is 5.69 Å². The molecule has 0 aliphatic rings. The van der Waals surface area contributed by atoms with Gasteiger partial charge in [-0.1, -0.05) is 29.5 Å². The standard InChI is InChI=1S/C15H13N3O3/c1-21-9-10-5-2-3-8-13(10)18-14-11(15(19)20)6-4-7-12(14)16-17-18/h2-8H,9H2,1H3,(H,19,20). The molecule has 0 amide bonds. The van der Waals surface area contributed by atoms with E-state index in [2.05, 4.69) is 10.3 Å². The molecular weight excluding hydrogens is 270 g/mol. The third-order valence-electron chi connectivity index (χ3n) is 3.22. The monoisotopic (exact) mass is 283 g/mol. The highest BCUT2D eigenvalue weighted by atomic mass is 16.5. The molecule has 6 heteroatoms. The van der Waals surface area contributed by atoms with Crippen LogP contribution in [0.5, 0.6) is 0 Å². The number of carboxylic acid groups (broad SMARTS) is 1. The van der Waals surface area contributed by atoms with Crippen LogP contribution < -0.4 is 0 Å². The summed E-state index contributed by atoms with van der Waals surface area (Å²) >= 11 is 0. The van der Waals surface area contributed by atoms with E-state index < -0.39 is 5.97 Å². The van der Waals surface area contributed by atoms with E-state index in [1.54, 1.807) is 30.0 Å². The highest BCUT2D eigenvalue weighted by molar-refractivity contribution is 6.01. The van der Waals surface area contributed by atoms with Crippen molar-refractivity contribution in [1.82, 2.24) is 15.0 Å². The number of aromatic nitrogens is 3. The van der Waals surface area contributed by atoms with Crippen LogP contribution in [0.3, 0.4) is 0 Å². The average Bonchev–Trinajstić information content (AvgIpc) is 2.92. The predicted octanol–water partition coefficient (Wildman–Crippen LogP) is 2.27. The Balaban J connectivity index is 2.29. The first-order valence-corrected chi connectivity index (χ1v) is 6.37. The Kier molecular flexibility index (Phi) is 3.37. The first-order chi connectivity index (χ1) is 10.2. The second kappa shape index (κ2) is 5.34. The fourth-order valence-corrected chi connectivity index (χ4v) is 2.31. The Bertz CT molecular complexity index is 811. The van der Waals surface area contributed by atoms with Crippen molar-refractivity contribution in [3.05, 3.63) is 53.6 Å². The SMILES string of the molecule is COCc1ccccc1-n1nnc2cccc(C(=O)O)c21. The molecule has 0 bridgehead atoms. The molecule has 0 atom stereocenters. The number of hydrogen-bond donors (Lipinski definition) is 1. The topological polar surface area (TPSA) is 77.2 Å². The fraction of sp³-hybridized carbons (Fsp3) is 0.133. The van der Waals surface area contributed by atoms with Gasteiger partial charge in [0.2, 0.25) is 0 Å². The maximum atomic E-state index is 11.4. The summed E-state index contributed by atoms with van der Waals surface area (Å²) < 4.78 is 6.73. The van der Waals surface area contributed by atoms with Gasteiger partial charge in [0.15, 0.2) is 0 Å². The zero-order valence-electron chi connectivity index (χ0n) is 11.4. The summed E-state index contributed by atoms with van der Waals surface area (Å²) in [4.78, 5) is 11.4. The Hall–Kier alpha value is -2.73. The molecule has 0 aliphatic heterocycles. The number of ether oxygens (including phenoxy) is 1. The maximum absolute atomic E-state index is 11.4. The number of fused-ring (bicyclic) bond motifs is 1. The molecule has 0 saturated carbocycles. The van der Waals surface area contributed by atoms with Gasteiger partial charge in [-0.25, -0.2) is 9.48 Å². The molecule has 0 fully saturated rings. The van der Waals surface area contributed by atoms with Crippen molar-refractivity contribution in [1.29, 1.82) is 0 Å². The Morgan fingerprint density at radius 1 is 1.24 bits per heavy atom. The van der Waals surface area contributed by atoms with Gasteiger partial charge in [0.05, 0.1) is 17.9 Å². The van der Waals surface area contributed by atoms with E-state index in [0.29, 0.717) is 17.6 Å². The largest absolute Gasteiger partial charge is 0.478 e. The van der Waals surface area contributed by atoms with Gasteiger partial charge < -0.3 is 9.84 Å². The van der Waals surface area contributed by atoms with Gasteiger partial charge in [-0.15, -0.1) is 5.10 Å². The minimum atomic E-state index is -1.01. The number of carbonyl (C=O) groups is 1. The summed E-state index contributed by atoms with van der Waals surface area (Å²) in [5, 5.41) is 17.5. The van der Waals surface area contributed by atoms with E-state index in [9.17, 15) is 9.90 Å². The third kappa shape index (κ3) is 2.25. The molecule has 1 aromatic heterocycles. The molecule has 1 N–H and O–H groups in total. The lowest BCUT2D eigenvalue weighted by molar-refractivity contribution is 0.0698. The molecular formula is C15H13N3O3. The minimum Gasteiger partial charge on any atom is -0.478 e.